The summed E-state index contributed by atoms with van der Waals surface area (Å²) in [4.78, 5) is 17.2. The molecule has 1 aliphatic carbocycles. The molecule has 6 nitrogen and oxygen atoms in total. The van der Waals surface area contributed by atoms with E-state index in [1.165, 1.54) is 5.39 Å². The summed E-state index contributed by atoms with van der Waals surface area (Å²) in [5.41, 5.74) is 7.21. The van der Waals surface area contributed by atoms with Crippen molar-refractivity contribution in [3.63, 3.8) is 0 Å². The molecule has 26 heavy (non-hydrogen) atoms. The van der Waals surface area contributed by atoms with Gasteiger partial charge in [-0.2, -0.15) is 0 Å². The molecule has 1 saturated carbocycles. The maximum Gasteiger partial charge on any atom is 0.227 e. The molecular formula is C20H24N4O2. The van der Waals surface area contributed by atoms with Crippen LogP contribution >= 0.6 is 0 Å². The number of nitrogens with one attached hydrogen (secondary N) is 1. The fourth-order valence-electron chi connectivity index (χ4n) is 4.74. The highest BCUT2D eigenvalue weighted by Crippen LogP contribution is 2.34. The van der Waals surface area contributed by atoms with Crippen molar-refractivity contribution in [1.82, 2.24) is 14.9 Å². The van der Waals surface area contributed by atoms with Crippen molar-refractivity contribution in [2.45, 2.75) is 56.0 Å². The maximum atomic E-state index is 12.7. The fourth-order valence-corrected chi connectivity index (χ4v) is 4.74. The van der Waals surface area contributed by atoms with Crippen molar-refractivity contribution in [2.75, 3.05) is 0 Å². The standard InChI is InChI=1S/C20H24N4O2/c21-18-16-8-7-15(26-16)17(18)20(25)23-13-3-5-14(6-4-13)24-11-9-12-2-1-10-22-19(12)24/h1-2,7-11,13-18H,3-6,21H2,(H,23,25)/t13?,14?,15-,16+,17-,18+/m1/s1. The smallest absolute Gasteiger partial charge is 0.227 e. The Balaban J connectivity index is 1.21. The molecule has 2 aliphatic heterocycles. The van der Waals surface area contributed by atoms with Crippen LogP contribution in [0.4, 0.5) is 0 Å². The first-order chi connectivity index (χ1) is 12.7. The number of ether oxygens (including phenoxy) is 1. The highest BCUT2D eigenvalue weighted by Gasteiger charge is 2.48. The summed E-state index contributed by atoms with van der Waals surface area (Å²) in [6.07, 6.45) is 11.7. The fraction of sp³-hybridized carbons (Fsp3) is 0.500. The van der Waals surface area contributed by atoms with Crippen molar-refractivity contribution >= 4 is 16.9 Å². The quantitative estimate of drug-likeness (QED) is 0.827. The van der Waals surface area contributed by atoms with Gasteiger partial charge in [0.25, 0.3) is 0 Å². The molecule has 4 heterocycles. The monoisotopic (exact) mass is 352 g/mol. The lowest BCUT2D eigenvalue weighted by Gasteiger charge is -2.32. The SMILES string of the molecule is N[C@@H]1[C@H](C(=O)NC2CCC(n3ccc4cccnc43)CC2)[C@H]2C=C[C@@H]1O2. The molecule has 0 spiro atoms. The highest BCUT2D eigenvalue weighted by atomic mass is 16.5. The zero-order valence-corrected chi connectivity index (χ0v) is 14.6. The van der Waals surface area contributed by atoms with E-state index in [4.69, 9.17) is 10.5 Å². The van der Waals surface area contributed by atoms with Crippen LogP contribution in [0.5, 0.6) is 0 Å². The first kappa shape index (κ1) is 16.0. The number of nitrogens with zero attached hydrogens (tertiary/aromatic N) is 2. The van der Waals surface area contributed by atoms with Gasteiger partial charge in [-0.15, -0.1) is 0 Å². The lowest BCUT2D eigenvalue weighted by atomic mass is 9.87. The number of carbonyl (C=O) groups excluding carboxylic acids is 1. The zero-order chi connectivity index (χ0) is 17.7. The molecule has 6 heteroatoms. The van der Waals surface area contributed by atoms with Crippen LogP contribution in [-0.2, 0) is 9.53 Å². The van der Waals surface area contributed by atoms with E-state index in [1.807, 2.05) is 24.4 Å². The van der Waals surface area contributed by atoms with Gasteiger partial charge in [-0.1, -0.05) is 12.2 Å². The molecule has 1 saturated heterocycles. The van der Waals surface area contributed by atoms with Crippen molar-refractivity contribution in [1.29, 1.82) is 0 Å². The molecule has 2 aromatic rings. The van der Waals surface area contributed by atoms with Crippen molar-refractivity contribution in [3.8, 4) is 0 Å². The van der Waals surface area contributed by atoms with Crippen LogP contribution in [0.15, 0.2) is 42.7 Å². The van der Waals surface area contributed by atoms with Crippen molar-refractivity contribution in [3.05, 3.63) is 42.7 Å². The molecule has 0 radical (unpaired) electrons. The van der Waals surface area contributed by atoms with Gasteiger partial charge in [0.05, 0.1) is 18.1 Å². The van der Waals surface area contributed by atoms with Gasteiger partial charge in [0, 0.05) is 35.9 Å². The van der Waals surface area contributed by atoms with Crippen LogP contribution in [-0.4, -0.2) is 39.7 Å². The minimum atomic E-state index is -0.250. The van der Waals surface area contributed by atoms with Crippen LogP contribution in [0.1, 0.15) is 31.7 Å². The number of carbonyl (C=O) groups is 1. The second kappa shape index (κ2) is 6.21. The Morgan fingerprint density at radius 2 is 2.00 bits per heavy atom. The summed E-state index contributed by atoms with van der Waals surface area (Å²) in [6.45, 7) is 0. The van der Waals surface area contributed by atoms with E-state index in [1.54, 1.807) is 0 Å². The van der Waals surface area contributed by atoms with E-state index in [2.05, 4.69) is 33.2 Å². The average molecular weight is 352 g/mol. The molecule has 3 aliphatic rings. The van der Waals surface area contributed by atoms with Crippen molar-refractivity contribution < 1.29 is 9.53 Å². The Morgan fingerprint density at radius 1 is 1.19 bits per heavy atom. The predicted octanol–water partition coefficient (Wildman–Crippen LogP) is 1.92. The summed E-state index contributed by atoms with van der Waals surface area (Å²) in [6, 6.07) is 6.65. The molecule has 3 N–H and O–H groups in total. The van der Waals surface area contributed by atoms with Gasteiger partial charge < -0.3 is 20.4 Å². The second-order valence-electron chi connectivity index (χ2n) is 7.71. The van der Waals surface area contributed by atoms with Crippen LogP contribution in [0, 0.1) is 5.92 Å². The van der Waals surface area contributed by atoms with Crippen LogP contribution in [0.2, 0.25) is 0 Å². The van der Waals surface area contributed by atoms with Gasteiger partial charge in [0.1, 0.15) is 5.65 Å². The summed E-state index contributed by atoms with van der Waals surface area (Å²) >= 11 is 0. The molecule has 136 valence electrons. The van der Waals surface area contributed by atoms with E-state index >= 15 is 0 Å². The van der Waals surface area contributed by atoms with E-state index in [0.29, 0.717) is 6.04 Å². The number of amides is 1. The highest BCUT2D eigenvalue weighted by molar-refractivity contribution is 5.81. The molecule has 0 unspecified atom stereocenters. The number of hydrogen-bond acceptors (Lipinski definition) is 4. The Bertz CT molecular complexity index is 852. The van der Waals surface area contributed by atoms with Gasteiger partial charge in [0.15, 0.2) is 0 Å². The molecule has 2 fully saturated rings. The Kier molecular flexibility index (Phi) is 3.83. The molecule has 4 atom stereocenters. The lowest BCUT2D eigenvalue weighted by Crippen LogP contribution is -2.49. The number of rotatable bonds is 3. The molecule has 1 amide bonds. The van der Waals surface area contributed by atoms with Crippen molar-refractivity contribution in [2.24, 2.45) is 11.7 Å². The normalized spacial score (nSPS) is 35.9. The lowest BCUT2D eigenvalue weighted by molar-refractivity contribution is -0.127. The molecule has 5 rings (SSSR count). The third-order valence-corrected chi connectivity index (χ3v) is 6.17. The van der Waals surface area contributed by atoms with E-state index < -0.39 is 0 Å². The Hall–Kier alpha value is -2.18. The van der Waals surface area contributed by atoms with E-state index in [9.17, 15) is 4.79 Å². The van der Waals surface area contributed by atoms with Gasteiger partial charge in [-0.3, -0.25) is 4.79 Å². The van der Waals surface area contributed by atoms with E-state index in [0.717, 1.165) is 31.3 Å². The third-order valence-electron chi connectivity index (χ3n) is 6.17. The topological polar surface area (TPSA) is 82.2 Å². The van der Waals surface area contributed by atoms with Gasteiger partial charge >= 0.3 is 0 Å². The Labute approximate surface area is 152 Å². The van der Waals surface area contributed by atoms with Gasteiger partial charge in [0.2, 0.25) is 5.91 Å². The van der Waals surface area contributed by atoms with Gasteiger partial charge in [-0.05, 0) is 43.9 Å². The number of pyridine rings is 1. The first-order valence-corrected chi connectivity index (χ1v) is 9.52. The van der Waals surface area contributed by atoms with Gasteiger partial charge in [-0.25, -0.2) is 4.98 Å². The zero-order valence-electron chi connectivity index (χ0n) is 14.6. The Morgan fingerprint density at radius 3 is 2.77 bits per heavy atom. The minimum Gasteiger partial charge on any atom is -0.364 e. The van der Waals surface area contributed by atoms with E-state index in [-0.39, 0.29) is 36.1 Å². The second-order valence-corrected chi connectivity index (χ2v) is 7.71. The number of fused-ring (bicyclic) bond motifs is 3. The molecule has 0 aromatic carbocycles. The van der Waals surface area contributed by atoms with Crippen LogP contribution in [0.3, 0.4) is 0 Å². The van der Waals surface area contributed by atoms with Crippen LogP contribution in [0.25, 0.3) is 11.0 Å². The summed E-state index contributed by atoms with van der Waals surface area (Å²) in [5, 5.41) is 4.40. The first-order valence-electron chi connectivity index (χ1n) is 9.52. The average Bonchev–Trinajstić information content (AvgIpc) is 3.36. The molecular weight excluding hydrogens is 328 g/mol. The molecule has 2 aromatic heterocycles. The number of hydrogen-bond donors (Lipinski definition) is 2. The summed E-state index contributed by atoms with van der Waals surface area (Å²) in [5.74, 6) is -0.203. The molecule has 2 bridgehead atoms. The third kappa shape index (κ3) is 2.56. The largest absolute Gasteiger partial charge is 0.364 e. The maximum absolute atomic E-state index is 12.7. The summed E-state index contributed by atoms with van der Waals surface area (Å²) in [7, 11) is 0. The minimum absolute atomic E-state index is 0.0471. The predicted molar refractivity (Wildman–Crippen MR) is 98.4 cm³/mol. The summed E-state index contributed by atoms with van der Waals surface area (Å²) < 4.78 is 8.00. The van der Waals surface area contributed by atoms with Crippen LogP contribution < -0.4 is 11.1 Å². The number of nitrogens with two attached hydrogens (primary N) is 1. The number of aromatic nitrogens is 2.